The van der Waals surface area contributed by atoms with E-state index < -0.39 is 10.0 Å². The van der Waals surface area contributed by atoms with Gasteiger partial charge < -0.3 is 4.90 Å². The molecule has 5 nitrogen and oxygen atoms in total. The van der Waals surface area contributed by atoms with E-state index in [0.717, 1.165) is 44.0 Å². The van der Waals surface area contributed by atoms with E-state index in [-0.39, 0.29) is 5.75 Å². The summed E-state index contributed by atoms with van der Waals surface area (Å²) in [6, 6.07) is 18.2. The number of sulfonamides is 1. The fourth-order valence-corrected chi connectivity index (χ4v) is 3.70. The standard InChI is InChI=1S/C18H23N3O2S/c19-24(22,23)15-17-6-8-18(9-7-17)21-12-10-20(11-13-21)14-16-4-2-1-3-5-16/h1-9H,10-15H2,(H2,19,22,23). The maximum atomic E-state index is 11.1. The van der Waals surface area contributed by atoms with Crippen LogP contribution in [0.1, 0.15) is 11.1 Å². The second-order valence-corrected chi connectivity index (χ2v) is 7.84. The minimum absolute atomic E-state index is 0.113. The average molecular weight is 345 g/mol. The van der Waals surface area contributed by atoms with Crippen molar-refractivity contribution in [2.24, 2.45) is 5.14 Å². The van der Waals surface area contributed by atoms with Gasteiger partial charge in [-0.25, -0.2) is 13.6 Å². The Bertz CT molecular complexity index is 753. The molecule has 3 rings (SSSR count). The SMILES string of the molecule is NS(=O)(=O)Cc1ccc(N2CCN(Cc3ccccc3)CC2)cc1. The lowest BCUT2D eigenvalue weighted by molar-refractivity contribution is 0.250. The average Bonchev–Trinajstić information content (AvgIpc) is 2.56. The summed E-state index contributed by atoms with van der Waals surface area (Å²) in [4.78, 5) is 4.80. The van der Waals surface area contributed by atoms with Crippen molar-refractivity contribution in [2.75, 3.05) is 31.1 Å². The van der Waals surface area contributed by atoms with Crippen molar-refractivity contribution in [2.45, 2.75) is 12.3 Å². The van der Waals surface area contributed by atoms with E-state index in [4.69, 9.17) is 5.14 Å². The molecule has 2 aromatic rings. The van der Waals surface area contributed by atoms with E-state index in [0.29, 0.717) is 0 Å². The monoisotopic (exact) mass is 345 g/mol. The molecule has 0 bridgehead atoms. The van der Waals surface area contributed by atoms with Gasteiger partial charge in [-0.05, 0) is 23.3 Å². The number of benzene rings is 2. The van der Waals surface area contributed by atoms with Crippen molar-refractivity contribution in [3.05, 3.63) is 65.7 Å². The smallest absolute Gasteiger partial charge is 0.213 e. The van der Waals surface area contributed by atoms with Crippen molar-refractivity contribution in [3.63, 3.8) is 0 Å². The molecule has 0 aliphatic carbocycles. The number of nitrogens with zero attached hydrogens (tertiary/aromatic N) is 2. The number of nitrogens with two attached hydrogens (primary N) is 1. The van der Waals surface area contributed by atoms with Crippen molar-refractivity contribution in [1.29, 1.82) is 0 Å². The van der Waals surface area contributed by atoms with Crippen LogP contribution < -0.4 is 10.0 Å². The molecule has 1 aliphatic rings. The maximum absolute atomic E-state index is 11.1. The molecule has 0 saturated carbocycles. The second-order valence-electron chi connectivity index (χ2n) is 6.22. The molecule has 1 fully saturated rings. The Kier molecular flexibility index (Phi) is 5.18. The largest absolute Gasteiger partial charge is 0.369 e. The molecule has 0 aromatic heterocycles. The first kappa shape index (κ1) is 17.0. The highest BCUT2D eigenvalue weighted by molar-refractivity contribution is 7.88. The first-order valence-electron chi connectivity index (χ1n) is 8.10. The normalized spacial score (nSPS) is 16.3. The molecule has 2 aromatic carbocycles. The molecular weight excluding hydrogens is 322 g/mol. The van der Waals surface area contributed by atoms with Crippen molar-refractivity contribution < 1.29 is 8.42 Å². The minimum atomic E-state index is -3.47. The van der Waals surface area contributed by atoms with Crippen LogP contribution in [-0.4, -0.2) is 39.5 Å². The zero-order chi connectivity index (χ0) is 17.0. The Balaban J connectivity index is 1.54. The summed E-state index contributed by atoms with van der Waals surface area (Å²) in [5.41, 5.74) is 3.20. The summed E-state index contributed by atoms with van der Waals surface area (Å²) >= 11 is 0. The predicted molar refractivity (Wildman–Crippen MR) is 97.2 cm³/mol. The Morgan fingerprint density at radius 3 is 2.04 bits per heavy atom. The summed E-state index contributed by atoms with van der Waals surface area (Å²) in [5, 5.41) is 5.08. The zero-order valence-electron chi connectivity index (χ0n) is 13.6. The first-order chi connectivity index (χ1) is 11.5. The van der Waals surface area contributed by atoms with Crippen LogP contribution in [0.3, 0.4) is 0 Å². The summed E-state index contributed by atoms with van der Waals surface area (Å²) in [6.07, 6.45) is 0. The van der Waals surface area contributed by atoms with Gasteiger partial charge in [-0.15, -0.1) is 0 Å². The first-order valence-corrected chi connectivity index (χ1v) is 9.82. The van der Waals surface area contributed by atoms with Crippen LogP contribution in [-0.2, 0) is 22.3 Å². The molecule has 1 saturated heterocycles. The van der Waals surface area contributed by atoms with E-state index >= 15 is 0 Å². The van der Waals surface area contributed by atoms with E-state index in [2.05, 4.69) is 34.1 Å². The second kappa shape index (κ2) is 7.34. The molecule has 24 heavy (non-hydrogen) atoms. The van der Waals surface area contributed by atoms with Gasteiger partial charge in [0.15, 0.2) is 0 Å². The van der Waals surface area contributed by atoms with E-state index in [1.165, 1.54) is 5.56 Å². The summed E-state index contributed by atoms with van der Waals surface area (Å²) in [7, 11) is -3.47. The van der Waals surface area contributed by atoms with Crippen LogP contribution in [0, 0.1) is 0 Å². The van der Waals surface area contributed by atoms with Gasteiger partial charge in [0.25, 0.3) is 0 Å². The van der Waals surface area contributed by atoms with Crippen LogP contribution in [0.15, 0.2) is 54.6 Å². The van der Waals surface area contributed by atoms with Gasteiger partial charge in [0.2, 0.25) is 10.0 Å². The van der Waals surface area contributed by atoms with Crippen molar-refractivity contribution in [3.8, 4) is 0 Å². The maximum Gasteiger partial charge on any atom is 0.213 e. The number of hydrogen-bond acceptors (Lipinski definition) is 4. The van der Waals surface area contributed by atoms with Crippen LogP contribution in [0.2, 0.25) is 0 Å². The third-order valence-electron chi connectivity index (χ3n) is 4.29. The van der Waals surface area contributed by atoms with Gasteiger partial charge in [-0.3, -0.25) is 4.90 Å². The minimum Gasteiger partial charge on any atom is -0.369 e. The third kappa shape index (κ3) is 4.80. The van der Waals surface area contributed by atoms with Crippen LogP contribution in [0.5, 0.6) is 0 Å². The van der Waals surface area contributed by atoms with Gasteiger partial charge in [0.05, 0.1) is 5.75 Å². The molecule has 0 amide bonds. The number of primary sulfonamides is 1. The lowest BCUT2D eigenvalue weighted by Crippen LogP contribution is -2.45. The highest BCUT2D eigenvalue weighted by atomic mass is 32.2. The quantitative estimate of drug-likeness (QED) is 0.897. The lowest BCUT2D eigenvalue weighted by Gasteiger charge is -2.36. The Morgan fingerprint density at radius 2 is 1.46 bits per heavy atom. The predicted octanol–water partition coefficient (Wildman–Crippen LogP) is 1.80. The van der Waals surface area contributed by atoms with E-state index in [9.17, 15) is 8.42 Å². The zero-order valence-corrected chi connectivity index (χ0v) is 14.5. The van der Waals surface area contributed by atoms with E-state index in [1.54, 1.807) is 0 Å². The van der Waals surface area contributed by atoms with Gasteiger partial charge in [-0.2, -0.15) is 0 Å². The summed E-state index contributed by atoms with van der Waals surface area (Å²) in [6.45, 7) is 4.98. The Morgan fingerprint density at radius 1 is 0.833 bits per heavy atom. The van der Waals surface area contributed by atoms with Gasteiger partial charge in [-0.1, -0.05) is 42.5 Å². The van der Waals surface area contributed by atoms with Crippen LogP contribution in [0.25, 0.3) is 0 Å². The van der Waals surface area contributed by atoms with Crippen LogP contribution >= 0.6 is 0 Å². The topological polar surface area (TPSA) is 66.6 Å². The molecular formula is C18H23N3O2S. The molecule has 2 N–H and O–H groups in total. The van der Waals surface area contributed by atoms with Gasteiger partial charge >= 0.3 is 0 Å². The van der Waals surface area contributed by atoms with Gasteiger partial charge in [0.1, 0.15) is 0 Å². The van der Waals surface area contributed by atoms with Gasteiger partial charge in [0, 0.05) is 38.4 Å². The molecule has 0 atom stereocenters. The Hall–Kier alpha value is -1.89. The molecule has 0 spiro atoms. The fraction of sp³-hybridized carbons (Fsp3) is 0.333. The fourth-order valence-electron chi connectivity index (χ4n) is 3.04. The molecule has 1 aliphatic heterocycles. The molecule has 128 valence electrons. The van der Waals surface area contributed by atoms with Crippen molar-refractivity contribution in [1.82, 2.24) is 4.90 Å². The third-order valence-corrected chi connectivity index (χ3v) is 5.03. The number of anilines is 1. The number of hydrogen-bond donors (Lipinski definition) is 1. The van der Waals surface area contributed by atoms with Crippen LogP contribution in [0.4, 0.5) is 5.69 Å². The van der Waals surface area contributed by atoms with E-state index in [1.807, 2.05) is 30.3 Å². The summed E-state index contributed by atoms with van der Waals surface area (Å²) in [5.74, 6) is -0.113. The van der Waals surface area contributed by atoms with Crippen molar-refractivity contribution >= 4 is 15.7 Å². The molecule has 0 radical (unpaired) electrons. The highest BCUT2D eigenvalue weighted by Gasteiger charge is 2.17. The molecule has 0 unspecified atom stereocenters. The Labute approximate surface area is 143 Å². The summed E-state index contributed by atoms with van der Waals surface area (Å²) < 4.78 is 22.3. The number of piperazine rings is 1. The number of rotatable bonds is 5. The molecule has 1 heterocycles. The lowest BCUT2D eigenvalue weighted by atomic mass is 10.1. The highest BCUT2D eigenvalue weighted by Crippen LogP contribution is 2.19. The molecule has 6 heteroatoms.